The normalized spacial score (nSPS) is 10.9. The molecule has 4 rings (SSSR count). The number of fused-ring (bicyclic) bond motifs is 1. The molecule has 4 aromatic rings. The fraction of sp³-hybridized carbons (Fsp3) is 0.0500. The molecule has 2 aromatic heterocycles. The number of aromatic nitrogens is 1. The van der Waals surface area contributed by atoms with Gasteiger partial charge in [-0.3, -0.25) is 4.79 Å². The van der Waals surface area contributed by atoms with Crippen molar-refractivity contribution < 1.29 is 19.1 Å². The van der Waals surface area contributed by atoms with Crippen molar-refractivity contribution in [3.63, 3.8) is 0 Å². The number of oxazole rings is 1. The molecular weight excluding hydrogens is 364 g/mol. The van der Waals surface area contributed by atoms with Crippen LogP contribution in [0.5, 0.6) is 0 Å². The highest BCUT2D eigenvalue weighted by Crippen LogP contribution is 2.36. The smallest absolute Gasteiger partial charge is 0.339 e. The molecule has 1 amide bonds. The summed E-state index contributed by atoms with van der Waals surface area (Å²) in [7, 11) is 0. The van der Waals surface area contributed by atoms with E-state index in [1.54, 1.807) is 29.6 Å². The van der Waals surface area contributed by atoms with Crippen LogP contribution in [0.15, 0.2) is 58.3 Å². The Labute approximate surface area is 158 Å². The number of rotatable bonds is 4. The number of carbonyl (C=O) groups is 2. The molecule has 2 aromatic carbocycles. The highest BCUT2D eigenvalue weighted by Gasteiger charge is 2.23. The molecule has 0 saturated carbocycles. The number of hydrogen-bond acceptors (Lipinski definition) is 5. The van der Waals surface area contributed by atoms with Crippen LogP contribution < -0.4 is 5.32 Å². The molecule has 0 radical (unpaired) electrons. The number of carboxylic acids is 1. The molecule has 0 aliphatic rings. The van der Waals surface area contributed by atoms with Gasteiger partial charge in [-0.05, 0) is 24.6 Å². The first-order chi connectivity index (χ1) is 13.0. The number of thiophene rings is 1. The number of nitrogens with one attached hydrogen (secondary N) is 1. The number of para-hydroxylation sites is 2. The second-order valence-electron chi connectivity index (χ2n) is 5.97. The standard InChI is InChI=1S/C20H14N2O4S/c1-11-5-4-6-12(9-11)13-10-27-19(16(13)20(24)25)22-17(23)18-21-14-7-2-3-8-15(14)26-18/h2-10H,1H3,(H,22,23)(H,24,25). The lowest BCUT2D eigenvalue weighted by Crippen LogP contribution is -2.13. The first kappa shape index (κ1) is 17.0. The van der Waals surface area contributed by atoms with Crippen molar-refractivity contribution in [2.24, 2.45) is 0 Å². The maximum atomic E-state index is 12.5. The van der Waals surface area contributed by atoms with Crippen LogP contribution in [0, 0.1) is 6.92 Å². The Bertz CT molecular complexity index is 1140. The van der Waals surface area contributed by atoms with Gasteiger partial charge in [0.1, 0.15) is 16.1 Å². The lowest BCUT2D eigenvalue weighted by atomic mass is 10.0. The van der Waals surface area contributed by atoms with Gasteiger partial charge in [0.15, 0.2) is 5.58 Å². The number of anilines is 1. The van der Waals surface area contributed by atoms with E-state index in [4.69, 9.17) is 4.42 Å². The van der Waals surface area contributed by atoms with Crippen molar-refractivity contribution in [2.75, 3.05) is 5.32 Å². The highest BCUT2D eigenvalue weighted by molar-refractivity contribution is 7.15. The Balaban J connectivity index is 1.69. The molecule has 27 heavy (non-hydrogen) atoms. The van der Waals surface area contributed by atoms with Crippen LogP contribution in [-0.2, 0) is 0 Å². The quantitative estimate of drug-likeness (QED) is 0.531. The number of carbonyl (C=O) groups excluding carboxylic acids is 1. The number of aryl methyl sites for hydroxylation is 1. The van der Waals surface area contributed by atoms with Gasteiger partial charge in [0, 0.05) is 10.9 Å². The summed E-state index contributed by atoms with van der Waals surface area (Å²) in [5.41, 5.74) is 3.47. The molecular formula is C20H14N2O4S. The van der Waals surface area contributed by atoms with E-state index in [9.17, 15) is 14.7 Å². The Morgan fingerprint density at radius 1 is 1.15 bits per heavy atom. The molecule has 0 atom stereocenters. The minimum Gasteiger partial charge on any atom is -0.478 e. The van der Waals surface area contributed by atoms with Crippen molar-refractivity contribution in [3.05, 3.63) is 70.9 Å². The van der Waals surface area contributed by atoms with Gasteiger partial charge in [0.25, 0.3) is 5.89 Å². The Kier molecular flexibility index (Phi) is 4.21. The third-order valence-corrected chi connectivity index (χ3v) is 4.94. The Morgan fingerprint density at radius 2 is 1.96 bits per heavy atom. The summed E-state index contributed by atoms with van der Waals surface area (Å²) >= 11 is 1.15. The zero-order valence-electron chi connectivity index (χ0n) is 14.2. The van der Waals surface area contributed by atoms with Crippen LogP contribution in [0.25, 0.3) is 22.2 Å². The van der Waals surface area contributed by atoms with E-state index in [0.29, 0.717) is 16.7 Å². The summed E-state index contributed by atoms with van der Waals surface area (Å²) in [6, 6.07) is 14.6. The zero-order chi connectivity index (χ0) is 19.0. The second-order valence-corrected chi connectivity index (χ2v) is 6.85. The van der Waals surface area contributed by atoms with E-state index >= 15 is 0 Å². The van der Waals surface area contributed by atoms with Crippen molar-refractivity contribution >= 4 is 39.3 Å². The number of nitrogens with zero attached hydrogens (tertiary/aromatic N) is 1. The molecule has 2 N–H and O–H groups in total. The van der Waals surface area contributed by atoms with E-state index in [0.717, 1.165) is 22.5 Å². The predicted molar refractivity (Wildman–Crippen MR) is 103 cm³/mol. The maximum Gasteiger partial charge on any atom is 0.339 e. The molecule has 0 aliphatic heterocycles. The van der Waals surface area contributed by atoms with Crippen LogP contribution in [0.1, 0.15) is 26.6 Å². The summed E-state index contributed by atoms with van der Waals surface area (Å²) in [5.74, 6) is -1.81. The van der Waals surface area contributed by atoms with Crippen molar-refractivity contribution in [1.29, 1.82) is 0 Å². The van der Waals surface area contributed by atoms with Gasteiger partial charge >= 0.3 is 11.9 Å². The van der Waals surface area contributed by atoms with Crippen LogP contribution in [0.3, 0.4) is 0 Å². The topological polar surface area (TPSA) is 92.4 Å². The lowest BCUT2D eigenvalue weighted by molar-refractivity contribution is 0.0699. The molecule has 7 heteroatoms. The van der Waals surface area contributed by atoms with Crippen LogP contribution in [-0.4, -0.2) is 22.0 Å². The highest BCUT2D eigenvalue weighted by atomic mass is 32.1. The van der Waals surface area contributed by atoms with E-state index < -0.39 is 11.9 Å². The average molecular weight is 378 g/mol. The molecule has 0 fully saturated rings. The van der Waals surface area contributed by atoms with Gasteiger partial charge in [0.05, 0.1) is 0 Å². The molecule has 0 bridgehead atoms. The number of benzene rings is 2. The van der Waals surface area contributed by atoms with Gasteiger partial charge in [-0.2, -0.15) is 0 Å². The molecule has 0 aliphatic carbocycles. The summed E-state index contributed by atoms with van der Waals surface area (Å²) in [5, 5.41) is 14.3. The van der Waals surface area contributed by atoms with Crippen LogP contribution in [0.4, 0.5) is 5.00 Å². The minimum absolute atomic E-state index is 0.0510. The fourth-order valence-electron chi connectivity index (χ4n) is 2.81. The molecule has 0 spiro atoms. The summed E-state index contributed by atoms with van der Waals surface area (Å²) in [4.78, 5) is 28.5. The molecule has 134 valence electrons. The zero-order valence-corrected chi connectivity index (χ0v) is 15.0. The van der Waals surface area contributed by atoms with Gasteiger partial charge < -0.3 is 14.8 Å². The maximum absolute atomic E-state index is 12.5. The number of amides is 1. The summed E-state index contributed by atoms with van der Waals surface area (Å²) in [6.45, 7) is 1.94. The van der Waals surface area contributed by atoms with Crippen LogP contribution in [0.2, 0.25) is 0 Å². The first-order valence-electron chi connectivity index (χ1n) is 8.11. The lowest BCUT2D eigenvalue weighted by Gasteiger charge is -2.05. The summed E-state index contributed by atoms with van der Waals surface area (Å²) in [6.07, 6.45) is 0. The molecule has 0 unspecified atom stereocenters. The number of carboxylic acid groups (broad SMARTS) is 1. The Morgan fingerprint density at radius 3 is 2.70 bits per heavy atom. The van der Waals surface area contributed by atoms with E-state index in [-0.39, 0.29) is 16.5 Å². The second kappa shape index (κ2) is 6.69. The number of hydrogen-bond donors (Lipinski definition) is 2. The van der Waals surface area contributed by atoms with Crippen molar-refractivity contribution in [1.82, 2.24) is 4.98 Å². The molecule has 2 heterocycles. The summed E-state index contributed by atoms with van der Waals surface area (Å²) < 4.78 is 5.44. The number of aromatic carboxylic acids is 1. The fourth-order valence-corrected chi connectivity index (χ4v) is 3.77. The van der Waals surface area contributed by atoms with E-state index in [2.05, 4.69) is 10.3 Å². The van der Waals surface area contributed by atoms with Crippen molar-refractivity contribution in [2.45, 2.75) is 6.92 Å². The SMILES string of the molecule is Cc1cccc(-c2csc(NC(=O)c3nc4ccccc4o3)c2C(=O)O)c1. The molecule has 6 nitrogen and oxygen atoms in total. The average Bonchev–Trinajstić information content (AvgIpc) is 3.25. The largest absolute Gasteiger partial charge is 0.478 e. The van der Waals surface area contributed by atoms with Gasteiger partial charge in [-0.25, -0.2) is 9.78 Å². The van der Waals surface area contributed by atoms with Gasteiger partial charge in [-0.15, -0.1) is 11.3 Å². The van der Waals surface area contributed by atoms with E-state index in [1.807, 2.05) is 31.2 Å². The predicted octanol–water partition coefficient (Wildman–Crippen LogP) is 4.82. The third kappa shape index (κ3) is 3.20. The monoisotopic (exact) mass is 378 g/mol. The Hall–Kier alpha value is -3.45. The van der Waals surface area contributed by atoms with Crippen LogP contribution >= 0.6 is 11.3 Å². The minimum atomic E-state index is -1.11. The van der Waals surface area contributed by atoms with E-state index in [1.165, 1.54) is 0 Å². The van der Waals surface area contributed by atoms with Crippen molar-refractivity contribution in [3.8, 4) is 11.1 Å². The first-order valence-corrected chi connectivity index (χ1v) is 8.99. The van der Waals surface area contributed by atoms with Gasteiger partial charge in [0.2, 0.25) is 0 Å². The van der Waals surface area contributed by atoms with Gasteiger partial charge in [-0.1, -0.05) is 42.0 Å². The third-order valence-electron chi connectivity index (χ3n) is 4.05. The molecule has 0 saturated heterocycles.